The van der Waals surface area contributed by atoms with E-state index in [1.807, 2.05) is 0 Å². The Kier molecular flexibility index (Phi) is 6.87. The van der Waals surface area contributed by atoms with Crippen molar-refractivity contribution < 1.29 is 4.74 Å². The first-order valence-electron chi connectivity index (χ1n) is 9.29. The largest absolute Gasteiger partial charge is 0.378 e. The molecule has 0 heterocycles. The quantitative estimate of drug-likeness (QED) is 0.595. The first-order valence-corrected chi connectivity index (χ1v) is 9.29. The first kappa shape index (κ1) is 16.3. The van der Waals surface area contributed by atoms with Crippen molar-refractivity contribution in [2.45, 2.75) is 91.1 Å². The number of rotatable bonds is 6. The molecule has 0 unspecified atom stereocenters. The predicted molar refractivity (Wildman–Crippen MR) is 86.9 cm³/mol. The van der Waals surface area contributed by atoms with Gasteiger partial charge in [0.2, 0.25) is 0 Å². The van der Waals surface area contributed by atoms with Crippen LogP contribution in [0.1, 0.15) is 85.0 Å². The van der Waals surface area contributed by atoms with Crippen LogP contribution in [-0.4, -0.2) is 12.7 Å². The van der Waals surface area contributed by atoms with E-state index in [0.717, 1.165) is 30.3 Å². The SMILES string of the molecule is CCC1CCC(COC2CCC(CC(C)C)CC2)CC1. The van der Waals surface area contributed by atoms with Gasteiger partial charge in [-0.15, -0.1) is 0 Å². The van der Waals surface area contributed by atoms with Crippen molar-refractivity contribution in [1.82, 2.24) is 0 Å². The fraction of sp³-hybridized carbons (Fsp3) is 1.00. The van der Waals surface area contributed by atoms with Gasteiger partial charge < -0.3 is 4.74 Å². The molecule has 1 heteroatoms. The van der Waals surface area contributed by atoms with Gasteiger partial charge in [0.05, 0.1) is 6.10 Å². The van der Waals surface area contributed by atoms with Crippen molar-refractivity contribution in [2.24, 2.45) is 23.7 Å². The zero-order chi connectivity index (χ0) is 14.4. The van der Waals surface area contributed by atoms with Crippen molar-refractivity contribution in [3.63, 3.8) is 0 Å². The lowest BCUT2D eigenvalue weighted by molar-refractivity contribution is -0.0109. The molecule has 0 bridgehead atoms. The minimum atomic E-state index is 0.585. The Bertz CT molecular complexity index is 244. The molecule has 20 heavy (non-hydrogen) atoms. The molecule has 0 N–H and O–H groups in total. The molecule has 0 amide bonds. The highest BCUT2D eigenvalue weighted by Gasteiger charge is 2.24. The third kappa shape index (κ3) is 5.39. The lowest BCUT2D eigenvalue weighted by Gasteiger charge is -2.32. The standard InChI is InChI=1S/C19H36O/c1-4-16-5-7-18(8-6-16)14-20-19-11-9-17(10-12-19)13-15(2)3/h15-19H,4-14H2,1-3H3. The molecule has 2 rings (SSSR count). The third-order valence-electron chi connectivity index (χ3n) is 5.71. The molecule has 2 fully saturated rings. The molecule has 0 aromatic heterocycles. The molecule has 0 atom stereocenters. The van der Waals surface area contributed by atoms with Crippen LogP contribution in [0.25, 0.3) is 0 Å². The van der Waals surface area contributed by atoms with E-state index in [1.54, 1.807) is 0 Å². The summed E-state index contributed by atoms with van der Waals surface area (Å²) in [6.07, 6.45) is 14.6. The second-order valence-corrected chi connectivity index (χ2v) is 7.90. The predicted octanol–water partition coefficient (Wildman–Crippen LogP) is 5.82. The summed E-state index contributed by atoms with van der Waals surface area (Å²) in [5, 5.41) is 0. The average Bonchev–Trinajstić information content (AvgIpc) is 2.46. The summed E-state index contributed by atoms with van der Waals surface area (Å²) in [6, 6.07) is 0. The normalized spacial score (nSPS) is 35.4. The fourth-order valence-electron chi connectivity index (χ4n) is 4.28. The Balaban J connectivity index is 1.57. The second-order valence-electron chi connectivity index (χ2n) is 7.90. The van der Waals surface area contributed by atoms with Crippen molar-refractivity contribution in [2.75, 3.05) is 6.61 Å². The Labute approximate surface area is 126 Å². The van der Waals surface area contributed by atoms with Gasteiger partial charge in [0, 0.05) is 6.61 Å². The number of hydrogen-bond donors (Lipinski definition) is 0. The minimum Gasteiger partial charge on any atom is -0.378 e. The Hall–Kier alpha value is -0.0400. The number of hydrogen-bond acceptors (Lipinski definition) is 1. The molecular weight excluding hydrogens is 244 g/mol. The van der Waals surface area contributed by atoms with Gasteiger partial charge in [0.15, 0.2) is 0 Å². The molecular formula is C19H36O. The van der Waals surface area contributed by atoms with Gasteiger partial charge in [-0.25, -0.2) is 0 Å². The van der Waals surface area contributed by atoms with Gasteiger partial charge in [-0.05, 0) is 68.6 Å². The lowest BCUT2D eigenvalue weighted by Crippen LogP contribution is -2.26. The summed E-state index contributed by atoms with van der Waals surface area (Å²) < 4.78 is 6.24. The van der Waals surface area contributed by atoms with Crippen LogP contribution in [-0.2, 0) is 4.74 Å². The van der Waals surface area contributed by atoms with Gasteiger partial charge in [0.25, 0.3) is 0 Å². The molecule has 0 aliphatic heterocycles. The monoisotopic (exact) mass is 280 g/mol. The number of ether oxygens (including phenoxy) is 1. The van der Waals surface area contributed by atoms with E-state index in [9.17, 15) is 0 Å². The van der Waals surface area contributed by atoms with E-state index in [1.165, 1.54) is 64.2 Å². The highest BCUT2D eigenvalue weighted by molar-refractivity contribution is 4.76. The second kappa shape index (κ2) is 8.41. The zero-order valence-corrected chi connectivity index (χ0v) is 14.1. The van der Waals surface area contributed by atoms with E-state index < -0.39 is 0 Å². The summed E-state index contributed by atoms with van der Waals surface area (Å²) >= 11 is 0. The van der Waals surface area contributed by atoms with E-state index >= 15 is 0 Å². The highest BCUT2D eigenvalue weighted by Crippen LogP contribution is 2.33. The average molecular weight is 280 g/mol. The summed E-state index contributed by atoms with van der Waals surface area (Å²) in [4.78, 5) is 0. The van der Waals surface area contributed by atoms with Crippen molar-refractivity contribution >= 4 is 0 Å². The topological polar surface area (TPSA) is 9.23 Å². The van der Waals surface area contributed by atoms with Crippen LogP contribution in [0.4, 0.5) is 0 Å². The highest BCUT2D eigenvalue weighted by atomic mass is 16.5. The molecule has 2 aliphatic rings. The van der Waals surface area contributed by atoms with Gasteiger partial charge in [-0.1, -0.05) is 40.0 Å². The molecule has 2 aliphatic carbocycles. The van der Waals surface area contributed by atoms with Crippen LogP contribution in [0.3, 0.4) is 0 Å². The molecule has 0 radical (unpaired) electrons. The van der Waals surface area contributed by atoms with Crippen LogP contribution < -0.4 is 0 Å². The molecule has 0 saturated heterocycles. The van der Waals surface area contributed by atoms with Gasteiger partial charge in [0.1, 0.15) is 0 Å². The summed E-state index contributed by atoms with van der Waals surface area (Å²) in [7, 11) is 0. The van der Waals surface area contributed by atoms with E-state index in [2.05, 4.69) is 20.8 Å². The Morgan fingerprint density at radius 3 is 1.90 bits per heavy atom. The molecule has 1 nitrogen and oxygen atoms in total. The molecule has 0 aromatic carbocycles. The lowest BCUT2D eigenvalue weighted by atomic mass is 9.81. The van der Waals surface area contributed by atoms with Gasteiger partial charge >= 0.3 is 0 Å². The Morgan fingerprint density at radius 1 is 0.800 bits per heavy atom. The molecule has 118 valence electrons. The molecule has 0 aromatic rings. The van der Waals surface area contributed by atoms with Crippen LogP contribution in [0.5, 0.6) is 0 Å². The minimum absolute atomic E-state index is 0.585. The molecule has 0 spiro atoms. The van der Waals surface area contributed by atoms with Gasteiger partial charge in [-0.3, -0.25) is 0 Å². The molecule has 2 saturated carbocycles. The maximum absolute atomic E-state index is 6.24. The van der Waals surface area contributed by atoms with Crippen LogP contribution in [0.2, 0.25) is 0 Å². The smallest absolute Gasteiger partial charge is 0.0575 e. The van der Waals surface area contributed by atoms with Crippen molar-refractivity contribution in [3.8, 4) is 0 Å². The van der Waals surface area contributed by atoms with Crippen LogP contribution in [0.15, 0.2) is 0 Å². The zero-order valence-electron chi connectivity index (χ0n) is 14.1. The van der Waals surface area contributed by atoms with Gasteiger partial charge in [-0.2, -0.15) is 0 Å². The van der Waals surface area contributed by atoms with E-state index in [0.29, 0.717) is 6.10 Å². The van der Waals surface area contributed by atoms with Crippen molar-refractivity contribution in [3.05, 3.63) is 0 Å². The van der Waals surface area contributed by atoms with E-state index in [-0.39, 0.29) is 0 Å². The summed E-state index contributed by atoms with van der Waals surface area (Å²) in [5.41, 5.74) is 0. The third-order valence-corrected chi connectivity index (χ3v) is 5.71. The Morgan fingerprint density at radius 2 is 1.35 bits per heavy atom. The first-order chi connectivity index (χ1) is 9.67. The van der Waals surface area contributed by atoms with E-state index in [4.69, 9.17) is 4.74 Å². The van der Waals surface area contributed by atoms with Crippen LogP contribution >= 0.6 is 0 Å². The summed E-state index contributed by atoms with van der Waals surface area (Å²) in [6.45, 7) is 8.11. The maximum Gasteiger partial charge on any atom is 0.0575 e. The van der Waals surface area contributed by atoms with Crippen LogP contribution in [0, 0.1) is 23.7 Å². The van der Waals surface area contributed by atoms with Crippen molar-refractivity contribution in [1.29, 1.82) is 0 Å². The fourth-order valence-corrected chi connectivity index (χ4v) is 4.28. The maximum atomic E-state index is 6.24. The summed E-state index contributed by atoms with van der Waals surface area (Å²) in [5.74, 6) is 3.73.